The molecule has 5 rings (SSSR count). The summed E-state index contributed by atoms with van der Waals surface area (Å²) in [5, 5.41) is 60.7. The van der Waals surface area contributed by atoms with Crippen molar-refractivity contribution in [3.05, 3.63) is 149 Å². The van der Waals surface area contributed by atoms with Crippen molar-refractivity contribution in [2.45, 2.75) is 161 Å². The average molecular weight is 1400 g/mol. The highest BCUT2D eigenvalue weighted by Crippen LogP contribution is 2.17. The fourth-order valence-electron chi connectivity index (χ4n) is 5.74. The van der Waals surface area contributed by atoms with Gasteiger partial charge in [-0.1, -0.05) is 130 Å². The van der Waals surface area contributed by atoms with E-state index in [4.69, 9.17) is 106 Å². The molecule has 0 aliphatic rings. The maximum Gasteiger partial charge on any atom is 0.119 e. The van der Waals surface area contributed by atoms with Crippen LogP contribution in [0.3, 0.4) is 0 Å². The highest BCUT2D eigenvalue weighted by Gasteiger charge is 2.11. The number of hydrogen-bond donors (Lipinski definition) is 10. The Balaban J connectivity index is 0.000000971. The van der Waals surface area contributed by atoms with E-state index < -0.39 is 241 Å². The summed E-state index contributed by atoms with van der Waals surface area (Å²) >= 11 is 0. The summed E-state index contributed by atoms with van der Waals surface area (Å²) in [6.07, 6.45) is -23.0. The van der Waals surface area contributed by atoms with Gasteiger partial charge in [0.15, 0.2) is 0 Å². The van der Waals surface area contributed by atoms with Crippen molar-refractivity contribution in [3.63, 3.8) is 0 Å². The van der Waals surface area contributed by atoms with Gasteiger partial charge in [-0.2, -0.15) is 0 Å². The van der Waals surface area contributed by atoms with Gasteiger partial charge in [0.05, 0.1) is 67.1 Å². The number of aryl methyl sites for hydroxylation is 5. The molecule has 7 atom stereocenters. The lowest BCUT2D eigenvalue weighted by Gasteiger charge is -2.15. The molecule has 0 amide bonds. The van der Waals surface area contributed by atoms with Gasteiger partial charge in [-0.05, 0) is 120 Å². The third-order valence-corrected chi connectivity index (χ3v) is 9.83. The van der Waals surface area contributed by atoms with Crippen LogP contribution in [0, 0.1) is 0 Å². The van der Waals surface area contributed by atoms with Crippen LogP contribution in [-0.2, 0) is 55.5 Å². The van der Waals surface area contributed by atoms with Crippen LogP contribution in [0.25, 0.3) is 0 Å². The van der Waals surface area contributed by atoms with Gasteiger partial charge in [-0.3, -0.25) is 0 Å². The van der Waals surface area contributed by atoms with Gasteiger partial charge in [0.25, 0.3) is 0 Å². The molecule has 0 spiro atoms. The molecule has 0 bridgehead atoms. The van der Waals surface area contributed by atoms with Crippen LogP contribution in [0.4, 0.5) is 0 Å². The first kappa shape index (κ1) is 31.4. The van der Waals surface area contributed by atoms with Crippen molar-refractivity contribution < 1.29 is 155 Å². The summed E-state index contributed by atoms with van der Waals surface area (Å²) in [6.45, 7) is -35.3. The molecule has 0 aromatic heterocycles. The number of methoxy groups -OCH3 is 5. The minimum Gasteiger partial charge on any atom is -0.491 e. The minimum atomic E-state index is -3.49. The highest BCUT2D eigenvalue weighted by molar-refractivity contribution is 5.31. The molecule has 0 radical (unpaired) electrons. The van der Waals surface area contributed by atoms with Crippen LogP contribution in [0.15, 0.2) is 121 Å². The van der Waals surface area contributed by atoms with Crippen molar-refractivity contribution in [2.75, 3.05) is 134 Å². The fourth-order valence-corrected chi connectivity index (χ4v) is 5.74. The van der Waals surface area contributed by atoms with Crippen LogP contribution in [0.2, 0.25) is 0 Å². The molecule has 0 aliphatic carbocycles. The molecule has 0 saturated carbocycles. The van der Waals surface area contributed by atoms with Crippen molar-refractivity contribution in [1.29, 1.82) is 0 Å². The first-order valence-corrected chi connectivity index (χ1v) is 27.7. The maximum atomic E-state index is 10.1. The average Bonchev–Trinajstić information content (AvgIpc) is 0.749. The number of aliphatic hydroxyl groups excluding tert-OH is 5. The predicted octanol–water partition coefficient (Wildman–Crippen LogP) is 8.07. The van der Waals surface area contributed by atoms with E-state index in [1.165, 1.54) is 93.6 Å². The highest BCUT2D eigenvalue weighted by atomic mass is 16.5. The summed E-state index contributed by atoms with van der Waals surface area (Å²) in [5.41, 5.74) is -1.21. The molecule has 5 aromatic rings. The summed E-state index contributed by atoms with van der Waals surface area (Å²) < 4.78 is 496. The zero-order chi connectivity index (χ0) is 123. The Kier molecular flexibility index (Phi) is 18.7. The second-order valence-electron chi connectivity index (χ2n) is 18.7. The first-order valence-electron chi connectivity index (χ1n) is 57.7. The summed E-state index contributed by atoms with van der Waals surface area (Å²) in [4.78, 5) is 0. The monoisotopic (exact) mass is 1400 g/mol. The molecule has 95 heavy (non-hydrogen) atoms. The lowest BCUT2D eigenvalue weighted by Crippen LogP contribution is -2.35. The van der Waals surface area contributed by atoms with E-state index in [1.54, 1.807) is 19.2 Å². The standard InChI is InChI=1S/5C15H25NO3/c5*1-12(2)16-10-14(17)11-19-15-6-4-13(5-7-15)8-9-18-3/h5*4-7,12,14,16-17H,8-11H2,1-3H3/i1D3,2D3,3D3,8D2,9D2,10D2,12D;1D3,3D3,8D2,9D2,10D2,12D;3D3,8D2,9D2,10D2,12D;1D3,3D3,8D2,9D2,10D2;3D3,8D2,9D2,10D2. The summed E-state index contributed by atoms with van der Waals surface area (Å²) in [7, 11) is -15.8. The maximum absolute atomic E-state index is 10.1. The predicted molar refractivity (Wildman–Crippen MR) is 383 cm³/mol. The van der Waals surface area contributed by atoms with Gasteiger partial charge in [0.1, 0.15) is 92.3 Å². The van der Waals surface area contributed by atoms with E-state index in [1.807, 2.05) is 5.32 Å². The number of nitrogens with one attached hydrogen (secondary N) is 5. The van der Waals surface area contributed by atoms with E-state index in [0.29, 0.717) is 0 Å². The van der Waals surface area contributed by atoms with Gasteiger partial charge in [0.2, 0.25) is 0 Å². The van der Waals surface area contributed by atoms with Crippen LogP contribution in [0.1, 0.15) is 179 Å². The molecule has 7 unspecified atom stereocenters. The molecule has 20 heteroatoms. The second kappa shape index (κ2) is 56.5. The summed E-state index contributed by atoms with van der Waals surface area (Å²) in [6, 6.07) is 14.8. The molecule has 540 valence electrons. The van der Waals surface area contributed by atoms with Gasteiger partial charge in [-0.25, -0.2) is 0 Å². The largest absolute Gasteiger partial charge is 0.491 e. The third-order valence-electron chi connectivity index (χ3n) is 9.83. The number of benzene rings is 5. The van der Waals surface area contributed by atoms with Crippen molar-refractivity contribution in [1.82, 2.24) is 26.6 Å². The Labute approximate surface area is 655 Å². The lowest BCUT2D eigenvalue weighted by molar-refractivity contribution is 0.104. The molecule has 20 nitrogen and oxygen atoms in total. The minimum absolute atomic E-state index is 0.0288. The van der Waals surface area contributed by atoms with Crippen molar-refractivity contribution >= 4 is 0 Å². The van der Waals surface area contributed by atoms with Crippen molar-refractivity contribution in [3.8, 4) is 28.7 Å². The smallest absolute Gasteiger partial charge is 0.119 e. The first-order chi connectivity index (χ1) is 68.2. The molecule has 0 heterocycles. The van der Waals surface area contributed by atoms with Crippen LogP contribution in [0.5, 0.6) is 28.7 Å². The summed E-state index contributed by atoms with van der Waals surface area (Å²) in [5.74, 6) is 0.357. The molecule has 0 saturated heterocycles. The van der Waals surface area contributed by atoms with Gasteiger partial charge < -0.3 is 99.5 Å². The quantitative estimate of drug-likeness (QED) is 0.0177. The molecular formula is C75H125N5O15. The Hall–Kier alpha value is -5.50. The Bertz CT molecular complexity index is 5060. The Morgan fingerprint density at radius 3 is 0.737 bits per heavy atom. The Morgan fingerprint density at radius 1 is 0.305 bits per heavy atom. The van der Waals surface area contributed by atoms with Gasteiger partial charge in [-0.15, -0.1) is 0 Å². The zero-order valence-electron chi connectivity index (χ0n) is 112. The van der Waals surface area contributed by atoms with E-state index in [2.05, 4.69) is 39.6 Å². The molecule has 5 aromatic carbocycles. The molecule has 0 aliphatic heterocycles. The van der Waals surface area contributed by atoms with E-state index >= 15 is 0 Å². The lowest BCUT2D eigenvalue weighted by atomic mass is 10.1. The van der Waals surface area contributed by atoms with E-state index in [9.17, 15) is 25.5 Å². The van der Waals surface area contributed by atoms with Crippen LogP contribution in [-0.4, -0.2) is 220 Å². The van der Waals surface area contributed by atoms with Gasteiger partial charge in [0, 0.05) is 146 Å². The zero-order valence-corrected chi connectivity index (χ0v) is 52.4. The number of aliphatic hydroxyl groups is 5. The Morgan fingerprint density at radius 2 is 0.526 bits per heavy atom. The second-order valence-corrected chi connectivity index (χ2v) is 18.7. The number of ether oxygens (including phenoxy) is 10. The van der Waals surface area contributed by atoms with E-state index in [-0.39, 0.29) is 69.2 Å². The number of rotatable bonds is 45. The molecule has 0 fully saturated rings. The SMILES string of the molecule is [2H]C(C)(C)NC([2H])([2H])C(O)COc1ccc(C([2H])([2H])C([2H])([2H])OC([2H])([2H])[2H])cc1.[2H]C([2H])([2H])OC([2H])([2H])C([2H])([2H])c1ccc(OCC(O)C([2H])([2H])NC(C)C([2H])([2H])[2H])cc1.[2H]C([2H])([2H])OC([2H])([2H])C([2H])([2H])c1ccc(OCC(O)C([2H])([2H])NC(C)C)cc1.[2H]C([2H])([2H])OC([2H])([2H])C([2H])([2H])c1ccc(OCC(O)C([2H])([2H])NC([2H])(C([2H])([2H])[2H])C([2H])([2H])[2H])cc1.[2H]C([2H])([2H])OC([2H])([2H])C([2H])([2H])c1ccc(OCC(O)C([2H])([2H])NC([2H])(C)C([2H])([2H])[2H])cc1. The topological polar surface area (TPSA) is 254 Å². The number of hydrogen-bond acceptors (Lipinski definition) is 20. The van der Waals surface area contributed by atoms with E-state index in [0.717, 1.165) is 55.5 Å². The van der Waals surface area contributed by atoms with Crippen molar-refractivity contribution in [2.24, 2.45) is 0 Å². The molecule has 10 N–H and O–H groups in total. The fraction of sp³-hybridized carbons (Fsp3) is 0.600. The van der Waals surface area contributed by atoms with Gasteiger partial charge >= 0.3 is 0 Å². The third kappa shape index (κ3) is 50.5. The normalized spacial score (nSPS) is 26.6. The molecular weight excluding hydrogens is 1210 g/mol. The van der Waals surface area contributed by atoms with Crippen LogP contribution < -0.4 is 50.3 Å². The van der Waals surface area contributed by atoms with Crippen LogP contribution >= 0.6 is 0 Å².